The van der Waals surface area contributed by atoms with Crippen LogP contribution in [0.3, 0.4) is 0 Å². The van der Waals surface area contributed by atoms with Gasteiger partial charge in [0.05, 0.1) is 13.8 Å². The maximum absolute atomic E-state index is 5.44. The van der Waals surface area contributed by atoms with E-state index in [0.29, 0.717) is 4.77 Å². The van der Waals surface area contributed by atoms with Gasteiger partial charge in [0, 0.05) is 37.4 Å². The van der Waals surface area contributed by atoms with Crippen LogP contribution in [0.4, 0.5) is 5.69 Å². The van der Waals surface area contributed by atoms with Gasteiger partial charge in [-0.2, -0.15) is 4.98 Å². The van der Waals surface area contributed by atoms with Crippen LogP contribution in [0.2, 0.25) is 0 Å². The second-order valence-electron chi connectivity index (χ2n) is 6.59. The molecule has 0 spiro atoms. The molecule has 0 unspecified atom stereocenters. The van der Waals surface area contributed by atoms with Gasteiger partial charge < -0.3 is 9.64 Å². The Balaban J connectivity index is 1.38. The summed E-state index contributed by atoms with van der Waals surface area (Å²) >= 11 is 5.44. The molecule has 0 amide bonds. The first-order valence-corrected chi connectivity index (χ1v) is 9.47. The molecule has 140 valence electrons. The zero-order valence-corrected chi connectivity index (χ0v) is 16.2. The van der Waals surface area contributed by atoms with Crippen LogP contribution in [-0.4, -0.2) is 53.0 Å². The molecular weight excluding hydrogens is 358 g/mol. The quantitative estimate of drug-likeness (QED) is 0.687. The van der Waals surface area contributed by atoms with Crippen molar-refractivity contribution < 1.29 is 4.74 Å². The Bertz CT molecular complexity index is 927. The Morgan fingerprint density at radius 2 is 1.70 bits per heavy atom. The van der Waals surface area contributed by atoms with E-state index >= 15 is 0 Å². The maximum Gasteiger partial charge on any atom is 0.217 e. The number of nitrogens with zero attached hydrogens (tertiary/aromatic N) is 4. The number of ether oxygens (including phenoxy) is 1. The van der Waals surface area contributed by atoms with Gasteiger partial charge in [0.1, 0.15) is 5.75 Å². The summed E-state index contributed by atoms with van der Waals surface area (Å²) < 4.78 is 7.77. The van der Waals surface area contributed by atoms with E-state index in [1.807, 2.05) is 47.1 Å². The summed E-state index contributed by atoms with van der Waals surface area (Å²) in [7, 11) is 1.69. The molecule has 0 saturated carbocycles. The fourth-order valence-electron chi connectivity index (χ4n) is 3.32. The van der Waals surface area contributed by atoms with E-state index in [9.17, 15) is 0 Å². The number of aromatic amines is 1. The molecule has 0 atom stereocenters. The molecule has 2 aromatic carbocycles. The van der Waals surface area contributed by atoms with Crippen molar-refractivity contribution in [2.75, 3.05) is 38.2 Å². The van der Waals surface area contributed by atoms with E-state index in [1.54, 1.807) is 7.11 Å². The van der Waals surface area contributed by atoms with Gasteiger partial charge in [-0.1, -0.05) is 30.3 Å². The van der Waals surface area contributed by atoms with Gasteiger partial charge in [0.2, 0.25) is 4.77 Å². The third kappa shape index (κ3) is 4.04. The minimum Gasteiger partial charge on any atom is -0.497 e. The number of aromatic nitrogens is 3. The molecule has 3 aromatic rings. The zero-order valence-electron chi connectivity index (χ0n) is 15.3. The molecule has 4 rings (SSSR count). The summed E-state index contributed by atoms with van der Waals surface area (Å²) in [5.74, 6) is 1.71. The van der Waals surface area contributed by atoms with Crippen molar-refractivity contribution >= 4 is 17.9 Å². The van der Waals surface area contributed by atoms with E-state index in [2.05, 4.69) is 32.0 Å². The van der Waals surface area contributed by atoms with Gasteiger partial charge in [-0.15, -0.1) is 0 Å². The van der Waals surface area contributed by atoms with E-state index in [0.717, 1.165) is 50.0 Å². The highest BCUT2D eigenvalue weighted by Crippen LogP contribution is 2.21. The van der Waals surface area contributed by atoms with Crippen molar-refractivity contribution in [3.63, 3.8) is 0 Å². The first-order valence-electron chi connectivity index (χ1n) is 9.06. The Kier molecular flexibility index (Phi) is 5.22. The average molecular weight is 382 g/mol. The summed E-state index contributed by atoms with van der Waals surface area (Å²) in [6, 6.07) is 18.3. The lowest BCUT2D eigenvalue weighted by Crippen LogP contribution is -2.46. The van der Waals surface area contributed by atoms with Crippen molar-refractivity contribution in [3.8, 4) is 17.1 Å². The van der Waals surface area contributed by atoms with Crippen molar-refractivity contribution in [1.82, 2.24) is 19.7 Å². The minimum absolute atomic E-state index is 0.589. The van der Waals surface area contributed by atoms with Gasteiger partial charge in [0.15, 0.2) is 5.82 Å². The molecule has 6 nitrogen and oxygen atoms in total. The predicted molar refractivity (Wildman–Crippen MR) is 110 cm³/mol. The number of anilines is 1. The van der Waals surface area contributed by atoms with Crippen LogP contribution < -0.4 is 9.64 Å². The number of benzene rings is 2. The molecule has 27 heavy (non-hydrogen) atoms. The predicted octanol–water partition coefficient (Wildman–Crippen LogP) is 3.40. The lowest BCUT2D eigenvalue weighted by atomic mass is 10.2. The number of H-pyrrole nitrogens is 1. The average Bonchev–Trinajstić information content (AvgIpc) is 3.10. The van der Waals surface area contributed by atoms with Gasteiger partial charge in [0.25, 0.3) is 0 Å². The topological polar surface area (TPSA) is 49.3 Å². The minimum atomic E-state index is 0.589. The summed E-state index contributed by atoms with van der Waals surface area (Å²) in [5.41, 5.74) is 2.28. The first kappa shape index (κ1) is 17.8. The molecule has 0 bridgehead atoms. The van der Waals surface area contributed by atoms with Crippen LogP contribution in [0.5, 0.6) is 5.75 Å². The highest BCUT2D eigenvalue weighted by Gasteiger charge is 2.18. The van der Waals surface area contributed by atoms with Crippen LogP contribution >= 0.6 is 12.2 Å². The number of hydrogen-bond donors (Lipinski definition) is 1. The van der Waals surface area contributed by atoms with Gasteiger partial charge in [-0.25, -0.2) is 4.68 Å². The number of hydrogen-bond acceptors (Lipinski definition) is 5. The lowest BCUT2D eigenvalue weighted by Gasteiger charge is -2.36. The van der Waals surface area contributed by atoms with E-state index in [1.165, 1.54) is 5.69 Å². The van der Waals surface area contributed by atoms with Gasteiger partial charge in [-0.05, 0) is 36.5 Å². The standard InChI is InChI=1S/C20H23N5OS/c1-26-18-9-7-17(8-10-18)24-13-11-23(12-14-24)15-25-20(27)21-19(22-25)16-5-3-2-4-6-16/h2-10H,11-15H2,1H3,(H,21,22,27). The highest BCUT2D eigenvalue weighted by molar-refractivity contribution is 7.71. The first-order chi connectivity index (χ1) is 13.2. The number of piperazine rings is 1. The summed E-state index contributed by atoms with van der Waals surface area (Å²) in [4.78, 5) is 9.29. The van der Waals surface area contributed by atoms with Crippen LogP contribution in [0, 0.1) is 4.77 Å². The Labute approximate surface area is 164 Å². The molecule has 1 saturated heterocycles. The molecule has 1 aromatic heterocycles. The van der Waals surface area contributed by atoms with Crippen molar-refractivity contribution in [3.05, 3.63) is 59.4 Å². The fourth-order valence-corrected chi connectivity index (χ4v) is 3.51. The second kappa shape index (κ2) is 7.94. The molecule has 1 fully saturated rings. The molecule has 2 heterocycles. The van der Waals surface area contributed by atoms with Gasteiger partial charge in [-0.3, -0.25) is 10.00 Å². The number of rotatable bonds is 5. The fraction of sp³-hybridized carbons (Fsp3) is 0.300. The van der Waals surface area contributed by atoms with Crippen molar-refractivity contribution in [1.29, 1.82) is 0 Å². The van der Waals surface area contributed by atoms with E-state index < -0.39 is 0 Å². The van der Waals surface area contributed by atoms with E-state index in [-0.39, 0.29) is 0 Å². The van der Waals surface area contributed by atoms with Crippen molar-refractivity contribution in [2.24, 2.45) is 0 Å². The molecule has 0 aliphatic carbocycles. The monoisotopic (exact) mass is 381 g/mol. The van der Waals surface area contributed by atoms with Crippen molar-refractivity contribution in [2.45, 2.75) is 6.67 Å². The normalized spacial score (nSPS) is 15.1. The zero-order chi connectivity index (χ0) is 18.6. The highest BCUT2D eigenvalue weighted by atomic mass is 32.1. The Morgan fingerprint density at radius 3 is 2.37 bits per heavy atom. The number of nitrogens with one attached hydrogen (secondary N) is 1. The van der Waals surface area contributed by atoms with E-state index in [4.69, 9.17) is 17.0 Å². The molecule has 1 aliphatic rings. The maximum atomic E-state index is 5.44. The van der Waals surface area contributed by atoms with Crippen LogP contribution in [0.1, 0.15) is 0 Å². The Hall–Kier alpha value is -2.64. The molecule has 7 heteroatoms. The molecule has 1 N–H and O–H groups in total. The Morgan fingerprint density at radius 1 is 1.00 bits per heavy atom. The third-order valence-electron chi connectivity index (χ3n) is 4.88. The number of methoxy groups -OCH3 is 1. The molecular formula is C20H23N5OS. The second-order valence-corrected chi connectivity index (χ2v) is 6.96. The van der Waals surface area contributed by atoms with Crippen LogP contribution in [-0.2, 0) is 6.67 Å². The van der Waals surface area contributed by atoms with Crippen LogP contribution in [0.25, 0.3) is 11.4 Å². The largest absolute Gasteiger partial charge is 0.497 e. The molecule has 1 aliphatic heterocycles. The summed E-state index contributed by atoms with van der Waals surface area (Å²) in [5, 5.41) is 3.33. The SMILES string of the molecule is COc1ccc(N2CCN(Cn3[nH]c(-c4ccccc4)nc3=S)CC2)cc1. The summed E-state index contributed by atoms with van der Waals surface area (Å²) in [6.07, 6.45) is 0. The smallest absolute Gasteiger partial charge is 0.217 e. The third-order valence-corrected chi connectivity index (χ3v) is 5.19. The molecule has 0 radical (unpaired) electrons. The van der Waals surface area contributed by atoms with Gasteiger partial charge >= 0.3 is 0 Å². The lowest BCUT2D eigenvalue weighted by molar-refractivity contribution is 0.194. The summed E-state index contributed by atoms with van der Waals surface area (Å²) in [6.45, 7) is 4.66. The van der Waals surface area contributed by atoms with Crippen LogP contribution in [0.15, 0.2) is 54.6 Å².